The fourth-order valence-corrected chi connectivity index (χ4v) is 3.54. The lowest BCUT2D eigenvalue weighted by Crippen LogP contribution is -2.29. The highest BCUT2D eigenvalue weighted by Crippen LogP contribution is 2.36. The molecule has 19 heavy (non-hydrogen) atoms. The van der Waals surface area contributed by atoms with Gasteiger partial charge in [0.05, 0.1) is 6.04 Å². The van der Waals surface area contributed by atoms with Gasteiger partial charge in [-0.3, -0.25) is 11.3 Å². The Morgan fingerprint density at radius 1 is 1.21 bits per heavy atom. The molecule has 1 saturated carbocycles. The number of nitrogens with one attached hydrogen (secondary N) is 1. The lowest BCUT2D eigenvalue weighted by molar-refractivity contribution is 0.419. The first-order valence-corrected chi connectivity index (χ1v) is 8.50. The van der Waals surface area contributed by atoms with E-state index in [2.05, 4.69) is 43.5 Å². The Kier molecular flexibility index (Phi) is 5.74. The van der Waals surface area contributed by atoms with Crippen molar-refractivity contribution < 1.29 is 0 Å². The molecule has 2 nitrogen and oxygen atoms in total. The number of hydrogen-bond acceptors (Lipinski definition) is 3. The van der Waals surface area contributed by atoms with Crippen molar-refractivity contribution in [1.82, 2.24) is 5.43 Å². The van der Waals surface area contributed by atoms with Crippen LogP contribution in [0.15, 0.2) is 24.3 Å². The first-order valence-electron chi connectivity index (χ1n) is 7.34. The van der Waals surface area contributed by atoms with Crippen LogP contribution in [0.5, 0.6) is 0 Å². The van der Waals surface area contributed by atoms with Crippen molar-refractivity contribution in [2.45, 2.75) is 45.1 Å². The molecule has 1 fully saturated rings. The summed E-state index contributed by atoms with van der Waals surface area (Å²) < 4.78 is 0. The molecule has 106 valence electrons. The molecule has 0 spiro atoms. The van der Waals surface area contributed by atoms with Crippen LogP contribution >= 0.6 is 11.8 Å². The number of nitrogens with two attached hydrogens (primary N) is 1. The summed E-state index contributed by atoms with van der Waals surface area (Å²) in [5.74, 6) is 9.48. The van der Waals surface area contributed by atoms with Crippen molar-refractivity contribution in [1.29, 1.82) is 0 Å². The van der Waals surface area contributed by atoms with Gasteiger partial charge in [0.2, 0.25) is 0 Å². The smallest absolute Gasteiger partial charge is 0.0550 e. The lowest BCUT2D eigenvalue weighted by Gasteiger charge is -2.26. The summed E-state index contributed by atoms with van der Waals surface area (Å²) in [7, 11) is 0. The quantitative estimate of drug-likeness (QED) is 0.588. The van der Waals surface area contributed by atoms with Gasteiger partial charge >= 0.3 is 0 Å². The largest absolute Gasteiger partial charge is 0.271 e. The Morgan fingerprint density at radius 3 is 2.37 bits per heavy atom. The highest BCUT2D eigenvalue weighted by atomic mass is 32.2. The molecule has 0 bridgehead atoms. The van der Waals surface area contributed by atoms with E-state index < -0.39 is 0 Å². The summed E-state index contributed by atoms with van der Waals surface area (Å²) in [5, 5.41) is 0. The predicted molar refractivity (Wildman–Crippen MR) is 85.3 cm³/mol. The van der Waals surface area contributed by atoms with Crippen molar-refractivity contribution in [2.75, 3.05) is 11.5 Å². The van der Waals surface area contributed by atoms with E-state index in [1.165, 1.54) is 36.1 Å². The Bertz CT molecular complexity index is 371. The van der Waals surface area contributed by atoms with E-state index in [-0.39, 0.29) is 6.04 Å². The van der Waals surface area contributed by atoms with E-state index in [0.717, 1.165) is 17.6 Å². The van der Waals surface area contributed by atoms with Gasteiger partial charge in [-0.2, -0.15) is 11.8 Å². The second-order valence-corrected chi connectivity index (χ2v) is 7.02. The average Bonchev–Trinajstić information content (AvgIpc) is 2.33. The molecule has 0 aliphatic heterocycles. The van der Waals surface area contributed by atoms with Crippen LogP contribution in [0.2, 0.25) is 0 Å². The van der Waals surface area contributed by atoms with Crippen LogP contribution < -0.4 is 11.3 Å². The van der Waals surface area contributed by atoms with Gasteiger partial charge in [-0.05, 0) is 41.6 Å². The van der Waals surface area contributed by atoms with Gasteiger partial charge in [-0.15, -0.1) is 0 Å². The first-order chi connectivity index (χ1) is 9.20. The maximum atomic E-state index is 5.69. The summed E-state index contributed by atoms with van der Waals surface area (Å²) in [6.45, 7) is 4.51. The van der Waals surface area contributed by atoms with Gasteiger partial charge in [0.1, 0.15) is 0 Å². The highest BCUT2D eigenvalue weighted by Gasteiger charge is 2.19. The minimum atomic E-state index is 0.263. The summed E-state index contributed by atoms with van der Waals surface area (Å²) >= 11 is 1.97. The Morgan fingerprint density at radius 2 is 1.89 bits per heavy atom. The molecular formula is C16H26N2S. The molecule has 2 rings (SSSR count). The minimum absolute atomic E-state index is 0.263. The fraction of sp³-hybridized carbons (Fsp3) is 0.625. The Labute approximate surface area is 121 Å². The number of hydrazine groups is 1. The standard InChI is InChI=1S/C16H26N2S/c1-12(2)10-19-11-16(18-17)15-8-6-14(7-9-15)13-4-3-5-13/h6-9,12-13,16,18H,3-5,10-11,17H2,1-2H3. The summed E-state index contributed by atoms with van der Waals surface area (Å²) in [6.07, 6.45) is 4.12. The second-order valence-electron chi connectivity index (χ2n) is 5.95. The normalized spacial score (nSPS) is 17.5. The average molecular weight is 278 g/mol. The monoisotopic (exact) mass is 278 g/mol. The van der Waals surface area contributed by atoms with E-state index in [9.17, 15) is 0 Å². The minimum Gasteiger partial charge on any atom is -0.271 e. The molecule has 0 radical (unpaired) electrons. The van der Waals surface area contributed by atoms with Crippen LogP contribution in [0.3, 0.4) is 0 Å². The number of thioether (sulfide) groups is 1. The third-order valence-electron chi connectivity index (χ3n) is 3.85. The van der Waals surface area contributed by atoms with Crippen molar-refractivity contribution in [3.05, 3.63) is 35.4 Å². The van der Waals surface area contributed by atoms with Crippen LogP contribution in [0.4, 0.5) is 0 Å². The van der Waals surface area contributed by atoms with Gasteiger partial charge in [0.15, 0.2) is 0 Å². The summed E-state index contributed by atoms with van der Waals surface area (Å²) in [5.41, 5.74) is 5.76. The van der Waals surface area contributed by atoms with Crippen LogP contribution in [0.1, 0.15) is 56.2 Å². The predicted octanol–water partition coefficient (Wildman–Crippen LogP) is 3.85. The maximum Gasteiger partial charge on any atom is 0.0550 e. The zero-order valence-electron chi connectivity index (χ0n) is 12.1. The molecule has 0 aromatic heterocycles. The van der Waals surface area contributed by atoms with Gasteiger partial charge in [0.25, 0.3) is 0 Å². The Balaban J connectivity index is 1.90. The third-order valence-corrected chi connectivity index (χ3v) is 5.32. The van der Waals surface area contributed by atoms with Crippen LogP contribution in [-0.4, -0.2) is 11.5 Å². The molecule has 1 aliphatic rings. The van der Waals surface area contributed by atoms with Crippen LogP contribution in [0.25, 0.3) is 0 Å². The third kappa shape index (κ3) is 4.23. The van der Waals surface area contributed by atoms with Crippen molar-refractivity contribution in [3.8, 4) is 0 Å². The van der Waals surface area contributed by atoms with Gasteiger partial charge in [0, 0.05) is 5.75 Å². The van der Waals surface area contributed by atoms with E-state index in [1.807, 2.05) is 11.8 Å². The van der Waals surface area contributed by atoms with Gasteiger partial charge in [-0.1, -0.05) is 44.5 Å². The molecule has 1 unspecified atom stereocenters. The molecule has 1 atom stereocenters. The molecule has 3 N–H and O–H groups in total. The van der Waals surface area contributed by atoms with Crippen molar-refractivity contribution in [3.63, 3.8) is 0 Å². The summed E-state index contributed by atoms with van der Waals surface area (Å²) in [6, 6.07) is 9.33. The summed E-state index contributed by atoms with van der Waals surface area (Å²) in [4.78, 5) is 0. The molecule has 3 heteroatoms. The second kappa shape index (κ2) is 7.32. The topological polar surface area (TPSA) is 38.0 Å². The highest BCUT2D eigenvalue weighted by molar-refractivity contribution is 7.99. The van der Waals surface area contributed by atoms with Crippen molar-refractivity contribution in [2.24, 2.45) is 11.8 Å². The zero-order valence-corrected chi connectivity index (χ0v) is 12.9. The number of hydrogen-bond donors (Lipinski definition) is 2. The van der Waals surface area contributed by atoms with Gasteiger partial charge in [-0.25, -0.2) is 0 Å². The Hall–Kier alpha value is -0.510. The fourth-order valence-electron chi connectivity index (χ4n) is 2.40. The molecule has 1 aliphatic carbocycles. The van der Waals surface area contributed by atoms with Crippen LogP contribution in [0, 0.1) is 5.92 Å². The van der Waals surface area contributed by atoms with Gasteiger partial charge < -0.3 is 0 Å². The van der Waals surface area contributed by atoms with E-state index in [4.69, 9.17) is 5.84 Å². The molecule has 0 amide bonds. The molecule has 1 aromatic carbocycles. The van der Waals surface area contributed by atoms with Crippen LogP contribution in [-0.2, 0) is 0 Å². The molecular weight excluding hydrogens is 252 g/mol. The SMILES string of the molecule is CC(C)CSCC(NN)c1ccc(C2CCC2)cc1. The molecule has 0 saturated heterocycles. The molecule has 0 heterocycles. The van der Waals surface area contributed by atoms with Crippen molar-refractivity contribution >= 4 is 11.8 Å². The first kappa shape index (κ1) is 14.9. The van der Waals surface area contributed by atoms with E-state index >= 15 is 0 Å². The number of benzene rings is 1. The van der Waals surface area contributed by atoms with E-state index in [0.29, 0.717) is 0 Å². The lowest BCUT2D eigenvalue weighted by atomic mass is 9.80. The molecule has 1 aromatic rings. The maximum absolute atomic E-state index is 5.69. The van der Waals surface area contributed by atoms with E-state index in [1.54, 1.807) is 0 Å². The zero-order chi connectivity index (χ0) is 13.7. The number of rotatable bonds is 7.